The van der Waals surface area contributed by atoms with E-state index in [4.69, 9.17) is 9.47 Å². The molecule has 1 amide bonds. The normalized spacial score (nSPS) is 19.3. The average molecular weight is 397 g/mol. The molecule has 1 saturated heterocycles. The summed E-state index contributed by atoms with van der Waals surface area (Å²) >= 11 is 0. The van der Waals surface area contributed by atoms with Gasteiger partial charge >= 0.3 is 0 Å². The van der Waals surface area contributed by atoms with Crippen LogP contribution in [0.5, 0.6) is 11.5 Å². The highest BCUT2D eigenvalue weighted by molar-refractivity contribution is 7.89. The molecule has 0 radical (unpaired) electrons. The van der Waals surface area contributed by atoms with Gasteiger partial charge in [0.15, 0.2) is 11.5 Å². The predicted molar refractivity (Wildman–Crippen MR) is 101 cm³/mol. The van der Waals surface area contributed by atoms with Crippen LogP contribution in [0.15, 0.2) is 23.1 Å². The third-order valence-electron chi connectivity index (χ3n) is 5.52. The number of hydrogen-bond acceptors (Lipinski definition) is 5. The highest BCUT2D eigenvalue weighted by atomic mass is 32.2. The minimum atomic E-state index is -3.63. The molecule has 1 aromatic carbocycles. The van der Waals surface area contributed by atoms with E-state index in [1.54, 1.807) is 11.0 Å². The van der Waals surface area contributed by atoms with E-state index in [0.717, 1.165) is 12.8 Å². The van der Waals surface area contributed by atoms with Crippen molar-refractivity contribution in [2.24, 2.45) is 5.92 Å². The van der Waals surface area contributed by atoms with Crippen molar-refractivity contribution >= 4 is 15.9 Å². The fourth-order valence-corrected chi connectivity index (χ4v) is 5.33. The van der Waals surface area contributed by atoms with Crippen molar-refractivity contribution in [1.82, 2.24) is 9.21 Å². The Bertz CT molecular complexity index is 766. The van der Waals surface area contributed by atoms with Crippen LogP contribution in [-0.2, 0) is 14.8 Å². The minimum absolute atomic E-state index is 0.157. The van der Waals surface area contributed by atoms with E-state index in [0.29, 0.717) is 50.0 Å². The monoisotopic (exact) mass is 396 g/mol. The molecule has 2 aliphatic rings. The number of benzene rings is 1. The van der Waals surface area contributed by atoms with Crippen LogP contribution in [0.4, 0.5) is 0 Å². The van der Waals surface area contributed by atoms with Gasteiger partial charge in [-0.05, 0) is 30.9 Å². The molecular weight excluding hydrogens is 368 g/mol. The van der Waals surface area contributed by atoms with Crippen molar-refractivity contribution in [2.75, 3.05) is 40.4 Å². The number of methoxy groups -OCH3 is 2. The Kier molecular flexibility index (Phi) is 6.26. The zero-order chi connectivity index (χ0) is 19.4. The summed E-state index contributed by atoms with van der Waals surface area (Å²) in [6.07, 6.45) is 5.31. The molecule has 0 aromatic heterocycles. The van der Waals surface area contributed by atoms with Crippen molar-refractivity contribution in [3.05, 3.63) is 18.2 Å². The molecule has 3 rings (SSSR count). The van der Waals surface area contributed by atoms with Gasteiger partial charge in [-0.15, -0.1) is 0 Å². The van der Waals surface area contributed by atoms with Crippen LogP contribution < -0.4 is 9.47 Å². The van der Waals surface area contributed by atoms with Crippen LogP contribution in [0, 0.1) is 5.92 Å². The standard InChI is InChI=1S/C19H28N2O5S/c1-25-17-8-7-16(14-18(17)26-2)27(23,24)21-11-9-20(10-12-21)19(22)13-15-5-3-4-6-15/h7-8,14-15H,3-6,9-13H2,1-2H3. The van der Waals surface area contributed by atoms with E-state index >= 15 is 0 Å². The lowest BCUT2D eigenvalue weighted by Gasteiger charge is -2.34. The predicted octanol–water partition coefficient (Wildman–Crippen LogP) is 2.12. The van der Waals surface area contributed by atoms with Gasteiger partial charge < -0.3 is 14.4 Å². The Balaban J connectivity index is 1.63. The zero-order valence-electron chi connectivity index (χ0n) is 16.0. The number of hydrogen-bond donors (Lipinski definition) is 0. The number of nitrogens with zero attached hydrogens (tertiary/aromatic N) is 2. The third kappa shape index (κ3) is 4.38. The first kappa shape index (κ1) is 19.9. The van der Waals surface area contributed by atoms with Crippen LogP contribution in [0.25, 0.3) is 0 Å². The first-order valence-corrected chi connectivity index (χ1v) is 10.9. The number of carbonyl (C=O) groups is 1. The highest BCUT2D eigenvalue weighted by Gasteiger charge is 2.31. The lowest BCUT2D eigenvalue weighted by Crippen LogP contribution is -2.50. The maximum Gasteiger partial charge on any atom is 0.243 e. The Morgan fingerprint density at radius 1 is 1.04 bits per heavy atom. The van der Waals surface area contributed by atoms with Gasteiger partial charge in [0.25, 0.3) is 0 Å². The molecule has 2 fully saturated rings. The van der Waals surface area contributed by atoms with Crippen molar-refractivity contribution in [3.63, 3.8) is 0 Å². The van der Waals surface area contributed by atoms with Gasteiger partial charge in [0.1, 0.15) is 0 Å². The fourth-order valence-electron chi connectivity index (χ4n) is 3.89. The zero-order valence-corrected chi connectivity index (χ0v) is 16.8. The van der Waals surface area contributed by atoms with Crippen molar-refractivity contribution in [2.45, 2.75) is 37.0 Å². The Hall–Kier alpha value is -1.80. The second-order valence-electron chi connectivity index (χ2n) is 7.16. The van der Waals surface area contributed by atoms with Crippen LogP contribution in [-0.4, -0.2) is 63.9 Å². The maximum atomic E-state index is 12.9. The SMILES string of the molecule is COc1ccc(S(=O)(=O)N2CCN(C(=O)CC3CCCC3)CC2)cc1OC. The van der Waals surface area contributed by atoms with Gasteiger partial charge in [0.2, 0.25) is 15.9 Å². The number of piperazine rings is 1. The van der Waals surface area contributed by atoms with Gasteiger partial charge in [0, 0.05) is 38.7 Å². The van der Waals surface area contributed by atoms with Crippen LogP contribution in [0.1, 0.15) is 32.1 Å². The van der Waals surface area contributed by atoms with E-state index in [1.165, 1.54) is 43.5 Å². The summed E-state index contributed by atoms with van der Waals surface area (Å²) in [4.78, 5) is 14.4. The number of rotatable bonds is 6. The summed E-state index contributed by atoms with van der Waals surface area (Å²) in [7, 11) is -0.648. The first-order valence-electron chi connectivity index (χ1n) is 9.45. The fraction of sp³-hybridized carbons (Fsp3) is 0.632. The number of ether oxygens (including phenoxy) is 2. The molecule has 0 N–H and O–H groups in total. The lowest BCUT2D eigenvalue weighted by atomic mass is 10.0. The molecule has 1 heterocycles. The smallest absolute Gasteiger partial charge is 0.243 e. The minimum Gasteiger partial charge on any atom is -0.493 e. The molecule has 150 valence electrons. The van der Waals surface area contributed by atoms with Crippen LogP contribution in [0.3, 0.4) is 0 Å². The van der Waals surface area contributed by atoms with Crippen molar-refractivity contribution in [1.29, 1.82) is 0 Å². The number of carbonyl (C=O) groups excluding carboxylic acids is 1. The second-order valence-corrected chi connectivity index (χ2v) is 9.09. The number of sulfonamides is 1. The van der Waals surface area contributed by atoms with E-state index in [2.05, 4.69) is 0 Å². The van der Waals surface area contributed by atoms with Crippen LogP contribution in [0.2, 0.25) is 0 Å². The van der Waals surface area contributed by atoms with Gasteiger partial charge in [-0.3, -0.25) is 4.79 Å². The molecular formula is C19H28N2O5S. The highest BCUT2D eigenvalue weighted by Crippen LogP contribution is 2.31. The lowest BCUT2D eigenvalue weighted by molar-refractivity contribution is -0.133. The second kappa shape index (κ2) is 8.48. The molecule has 8 heteroatoms. The molecule has 1 aliphatic heterocycles. The molecule has 0 bridgehead atoms. The van der Waals surface area contributed by atoms with Crippen LogP contribution >= 0.6 is 0 Å². The Labute approximate surface area is 161 Å². The molecule has 1 saturated carbocycles. The third-order valence-corrected chi connectivity index (χ3v) is 7.42. The van der Waals surface area contributed by atoms with Gasteiger partial charge in [-0.25, -0.2) is 8.42 Å². The maximum absolute atomic E-state index is 12.9. The Morgan fingerprint density at radius 3 is 2.26 bits per heavy atom. The Morgan fingerprint density at radius 2 is 1.67 bits per heavy atom. The molecule has 1 aromatic rings. The largest absolute Gasteiger partial charge is 0.493 e. The quantitative estimate of drug-likeness (QED) is 0.736. The molecule has 27 heavy (non-hydrogen) atoms. The van der Waals surface area contributed by atoms with Crippen molar-refractivity contribution < 1.29 is 22.7 Å². The van der Waals surface area contributed by atoms with E-state index in [1.807, 2.05) is 0 Å². The summed E-state index contributed by atoms with van der Waals surface area (Å²) in [5.41, 5.74) is 0. The van der Waals surface area contributed by atoms with Gasteiger partial charge in [0.05, 0.1) is 19.1 Å². The number of amides is 1. The summed E-state index contributed by atoms with van der Waals surface area (Å²) in [5.74, 6) is 1.53. The van der Waals surface area contributed by atoms with E-state index in [-0.39, 0.29) is 10.8 Å². The first-order chi connectivity index (χ1) is 13.0. The molecule has 0 unspecified atom stereocenters. The molecule has 0 atom stereocenters. The summed E-state index contributed by atoms with van der Waals surface area (Å²) in [5, 5.41) is 0. The topological polar surface area (TPSA) is 76.2 Å². The molecule has 1 aliphatic carbocycles. The van der Waals surface area contributed by atoms with E-state index in [9.17, 15) is 13.2 Å². The summed E-state index contributed by atoms with van der Waals surface area (Å²) < 4.78 is 37.7. The average Bonchev–Trinajstić information content (AvgIpc) is 3.20. The van der Waals surface area contributed by atoms with E-state index < -0.39 is 10.0 Å². The van der Waals surface area contributed by atoms with Crippen molar-refractivity contribution in [3.8, 4) is 11.5 Å². The summed E-state index contributed by atoms with van der Waals surface area (Å²) in [6, 6.07) is 4.59. The molecule has 7 nitrogen and oxygen atoms in total. The summed E-state index contributed by atoms with van der Waals surface area (Å²) in [6.45, 7) is 1.51. The van der Waals surface area contributed by atoms with Gasteiger partial charge in [-0.1, -0.05) is 12.8 Å². The van der Waals surface area contributed by atoms with Gasteiger partial charge in [-0.2, -0.15) is 4.31 Å². The molecule has 0 spiro atoms.